The molecule has 3 nitrogen and oxygen atoms in total. The number of pyridine rings is 1. The monoisotopic (exact) mass is 207 g/mol. The Hall–Kier alpha value is -1.38. The standard InChI is InChI=1S/C12H17NO2/c1-12(2,3)7-9-5-6-10(13-8-9)11(14)15-4/h5-6,8H,7H2,1-4H3. The minimum Gasteiger partial charge on any atom is -0.464 e. The van der Waals surface area contributed by atoms with Gasteiger partial charge in [-0.05, 0) is 23.5 Å². The van der Waals surface area contributed by atoms with Gasteiger partial charge in [0.2, 0.25) is 0 Å². The summed E-state index contributed by atoms with van der Waals surface area (Å²) in [5.74, 6) is -0.391. The van der Waals surface area contributed by atoms with E-state index in [1.54, 1.807) is 12.3 Å². The summed E-state index contributed by atoms with van der Waals surface area (Å²) in [6, 6.07) is 3.62. The fourth-order valence-electron chi connectivity index (χ4n) is 1.37. The zero-order chi connectivity index (χ0) is 11.5. The van der Waals surface area contributed by atoms with Crippen molar-refractivity contribution in [2.75, 3.05) is 7.11 Å². The lowest BCUT2D eigenvalue weighted by Gasteiger charge is -2.17. The molecule has 0 aliphatic rings. The number of esters is 1. The number of nitrogens with zero attached hydrogens (tertiary/aromatic N) is 1. The Labute approximate surface area is 90.5 Å². The fourth-order valence-corrected chi connectivity index (χ4v) is 1.37. The lowest BCUT2D eigenvalue weighted by atomic mass is 9.89. The average Bonchev–Trinajstić information content (AvgIpc) is 2.15. The highest BCUT2D eigenvalue weighted by molar-refractivity contribution is 5.86. The Balaban J connectivity index is 2.77. The van der Waals surface area contributed by atoms with Crippen LogP contribution >= 0.6 is 0 Å². The van der Waals surface area contributed by atoms with E-state index in [-0.39, 0.29) is 5.41 Å². The molecule has 0 atom stereocenters. The Morgan fingerprint density at radius 3 is 2.47 bits per heavy atom. The van der Waals surface area contributed by atoms with E-state index in [4.69, 9.17) is 0 Å². The van der Waals surface area contributed by atoms with Crippen LogP contribution in [0, 0.1) is 5.41 Å². The number of ether oxygens (including phenoxy) is 1. The van der Waals surface area contributed by atoms with Crippen LogP contribution in [0.5, 0.6) is 0 Å². The second-order valence-corrected chi connectivity index (χ2v) is 4.78. The van der Waals surface area contributed by atoms with Gasteiger partial charge in [-0.25, -0.2) is 9.78 Å². The number of hydrogen-bond donors (Lipinski definition) is 0. The zero-order valence-corrected chi connectivity index (χ0v) is 9.70. The van der Waals surface area contributed by atoms with Crippen molar-refractivity contribution >= 4 is 5.97 Å². The van der Waals surface area contributed by atoms with E-state index >= 15 is 0 Å². The summed E-state index contributed by atoms with van der Waals surface area (Å²) >= 11 is 0. The van der Waals surface area contributed by atoms with Crippen LogP contribution < -0.4 is 0 Å². The largest absolute Gasteiger partial charge is 0.464 e. The van der Waals surface area contributed by atoms with Gasteiger partial charge in [0, 0.05) is 6.20 Å². The molecule has 15 heavy (non-hydrogen) atoms. The number of hydrogen-bond acceptors (Lipinski definition) is 3. The van der Waals surface area contributed by atoms with Crippen molar-refractivity contribution in [3.63, 3.8) is 0 Å². The third-order valence-electron chi connectivity index (χ3n) is 1.95. The molecular weight excluding hydrogens is 190 g/mol. The Bertz CT molecular complexity index is 336. The molecule has 1 aromatic rings. The summed E-state index contributed by atoms with van der Waals surface area (Å²) in [5, 5.41) is 0. The molecule has 1 aromatic heterocycles. The van der Waals surface area contributed by atoms with E-state index in [1.807, 2.05) is 6.07 Å². The molecule has 0 saturated carbocycles. The summed E-state index contributed by atoms with van der Waals surface area (Å²) in [6.07, 6.45) is 2.68. The summed E-state index contributed by atoms with van der Waals surface area (Å²) in [6.45, 7) is 6.50. The molecule has 0 unspecified atom stereocenters. The van der Waals surface area contributed by atoms with Gasteiger partial charge in [-0.1, -0.05) is 26.8 Å². The van der Waals surface area contributed by atoms with Gasteiger partial charge in [-0.3, -0.25) is 0 Å². The molecule has 3 heteroatoms. The van der Waals surface area contributed by atoms with Gasteiger partial charge in [0.1, 0.15) is 5.69 Å². The first-order chi connectivity index (χ1) is 6.92. The molecule has 0 spiro atoms. The van der Waals surface area contributed by atoms with Crippen LogP contribution in [0.25, 0.3) is 0 Å². The maximum atomic E-state index is 11.1. The topological polar surface area (TPSA) is 39.2 Å². The lowest BCUT2D eigenvalue weighted by Crippen LogP contribution is -2.10. The third kappa shape index (κ3) is 3.70. The molecule has 0 N–H and O–H groups in total. The molecule has 0 fully saturated rings. The highest BCUT2D eigenvalue weighted by Gasteiger charge is 2.12. The van der Waals surface area contributed by atoms with E-state index in [2.05, 4.69) is 30.5 Å². The number of carbonyl (C=O) groups is 1. The smallest absolute Gasteiger partial charge is 0.356 e. The highest BCUT2D eigenvalue weighted by Crippen LogP contribution is 2.19. The van der Waals surface area contributed by atoms with Gasteiger partial charge in [0.25, 0.3) is 0 Å². The third-order valence-corrected chi connectivity index (χ3v) is 1.95. The average molecular weight is 207 g/mol. The van der Waals surface area contributed by atoms with Crippen LogP contribution in [-0.2, 0) is 11.2 Å². The molecule has 0 saturated heterocycles. The van der Waals surface area contributed by atoms with E-state index in [9.17, 15) is 4.79 Å². The fraction of sp³-hybridized carbons (Fsp3) is 0.500. The van der Waals surface area contributed by atoms with E-state index in [0.29, 0.717) is 5.69 Å². The molecule has 0 amide bonds. The Kier molecular flexibility index (Phi) is 3.45. The Morgan fingerprint density at radius 1 is 1.40 bits per heavy atom. The van der Waals surface area contributed by atoms with Crippen molar-refractivity contribution in [1.82, 2.24) is 4.98 Å². The molecular formula is C12H17NO2. The summed E-state index contributed by atoms with van der Waals surface area (Å²) < 4.78 is 4.58. The van der Waals surface area contributed by atoms with Crippen LogP contribution in [0.4, 0.5) is 0 Å². The Morgan fingerprint density at radius 2 is 2.07 bits per heavy atom. The van der Waals surface area contributed by atoms with Crippen LogP contribution in [0.1, 0.15) is 36.8 Å². The van der Waals surface area contributed by atoms with Gasteiger partial charge < -0.3 is 4.74 Å². The van der Waals surface area contributed by atoms with E-state index < -0.39 is 5.97 Å². The van der Waals surface area contributed by atoms with Gasteiger partial charge >= 0.3 is 5.97 Å². The molecule has 1 heterocycles. The summed E-state index contributed by atoms with van der Waals surface area (Å²) in [5.41, 5.74) is 1.72. The number of aromatic nitrogens is 1. The molecule has 0 aliphatic carbocycles. The van der Waals surface area contributed by atoms with Gasteiger partial charge in [-0.2, -0.15) is 0 Å². The van der Waals surface area contributed by atoms with Gasteiger partial charge in [0.05, 0.1) is 7.11 Å². The molecule has 0 radical (unpaired) electrons. The normalized spacial score (nSPS) is 11.2. The second kappa shape index (κ2) is 4.43. The first kappa shape index (κ1) is 11.7. The zero-order valence-electron chi connectivity index (χ0n) is 9.70. The lowest BCUT2D eigenvalue weighted by molar-refractivity contribution is 0.0594. The molecule has 0 bridgehead atoms. The quantitative estimate of drug-likeness (QED) is 0.699. The first-order valence-electron chi connectivity index (χ1n) is 4.95. The number of carbonyl (C=O) groups excluding carboxylic acids is 1. The van der Waals surface area contributed by atoms with Gasteiger partial charge in [0.15, 0.2) is 0 Å². The van der Waals surface area contributed by atoms with Crippen LogP contribution in [0.15, 0.2) is 18.3 Å². The maximum Gasteiger partial charge on any atom is 0.356 e. The predicted molar refractivity (Wildman–Crippen MR) is 58.7 cm³/mol. The molecule has 1 rings (SSSR count). The highest BCUT2D eigenvalue weighted by atomic mass is 16.5. The van der Waals surface area contributed by atoms with E-state index in [1.165, 1.54) is 7.11 Å². The van der Waals surface area contributed by atoms with Crippen molar-refractivity contribution in [2.45, 2.75) is 27.2 Å². The molecule has 0 aliphatic heterocycles. The number of rotatable bonds is 2. The number of methoxy groups -OCH3 is 1. The first-order valence-corrected chi connectivity index (χ1v) is 4.95. The van der Waals surface area contributed by atoms with Crippen LogP contribution in [0.3, 0.4) is 0 Å². The SMILES string of the molecule is COC(=O)c1ccc(CC(C)(C)C)cn1. The molecule has 82 valence electrons. The van der Waals surface area contributed by atoms with E-state index in [0.717, 1.165) is 12.0 Å². The van der Waals surface area contributed by atoms with Crippen molar-refractivity contribution in [3.8, 4) is 0 Å². The minimum atomic E-state index is -0.391. The minimum absolute atomic E-state index is 0.231. The summed E-state index contributed by atoms with van der Waals surface area (Å²) in [4.78, 5) is 15.2. The van der Waals surface area contributed by atoms with Crippen molar-refractivity contribution in [1.29, 1.82) is 0 Å². The van der Waals surface area contributed by atoms with Crippen molar-refractivity contribution in [2.24, 2.45) is 5.41 Å². The molecule has 0 aromatic carbocycles. The van der Waals surface area contributed by atoms with Crippen LogP contribution in [0.2, 0.25) is 0 Å². The van der Waals surface area contributed by atoms with Crippen LogP contribution in [-0.4, -0.2) is 18.1 Å². The maximum absolute atomic E-state index is 11.1. The van der Waals surface area contributed by atoms with Crippen molar-refractivity contribution < 1.29 is 9.53 Å². The second-order valence-electron chi connectivity index (χ2n) is 4.78. The van der Waals surface area contributed by atoms with Crippen molar-refractivity contribution in [3.05, 3.63) is 29.6 Å². The summed E-state index contributed by atoms with van der Waals surface area (Å²) in [7, 11) is 1.35. The van der Waals surface area contributed by atoms with Gasteiger partial charge in [-0.15, -0.1) is 0 Å². The predicted octanol–water partition coefficient (Wildman–Crippen LogP) is 2.46.